The highest BCUT2D eigenvalue weighted by Crippen LogP contribution is 2.44. The third-order valence-corrected chi connectivity index (χ3v) is 4.61. The van der Waals surface area contributed by atoms with E-state index in [1.165, 1.54) is 22.3 Å². The van der Waals surface area contributed by atoms with E-state index in [4.69, 9.17) is 4.74 Å². The third kappa shape index (κ3) is 2.89. The van der Waals surface area contributed by atoms with E-state index < -0.39 is 6.09 Å². The Morgan fingerprint density at radius 3 is 2.40 bits per heavy atom. The average molecular weight is 333 g/mol. The Hall–Kier alpha value is -3.08. The van der Waals surface area contributed by atoms with Crippen LogP contribution in [-0.2, 0) is 4.74 Å². The molecule has 0 bridgehead atoms. The van der Waals surface area contributed by atoms with E-state index >= 15 is 0 Å². The molecule has 1 aliphatic carbocycles. The molecule has 1 amide bonds. The first-order chi connectivity index (χ1) is 12.2. The van der Waals surface area contributed by atoms with Gasteiger partial charge in [-0.3, -0.25) is 0 Å². The minimum atomic E-state index is -0.439. The quantitative estimate of drug-likeness (QED) is 0.758. The first-order valence-electron chi connectivity index (χ1n) is 8.35. The van der Waals surface area contributed by atoms with Crippen LogP contribution in [0.25, 0.3) is 11.1 Å². The monoisotopic (exact) mass is 333 g/mol. The van der Waals surface area contributed by atoms with Crippen LogP contribution in [0.4, 0.5) is 4.79 Å². The fourth-order valence-electron chi connectivity index (χ4n) is 3.40. The van der Waals surface area contributed by atoms with Gasteiger partial charge in [-0.2, -0.15) is 0 Å². The molecule has 3 aromatic rings. The number of nitrogens with one attached hydrogen (secondary N) is 2. The Morgan fingerprint density at radius 1 is 1.16 bits per heavy atom. The van der Waals surface area contributed by atoms with E-state index in [-0.39, 0.29) is 12.0 Å². The summed E-state index contributed by atoms with van der Waals surface area (Å²) in [6, 6.07) is 16.3. The zero-order valence-corrected chi connectivity index (χ0v) is 13.9. The van der Waals surface area contributed by atoms with Crippen molar-refractivity contribution >= 4 is 6.09 Å². The van der Waals surface area contributed by atoms with Gasteiger partial charge in [-0.15, -0.1) is 0 Å². The predicted octanol–water partition coefficient (Wildman–Crippen LogP) is 4.01. The molecule has 1 atom stereocenters. The number of benzene rings is 2. The second-order valence-corrected chi connectivity index (χ2v) is 6.17. The van der Waals surface area contributed by atoms with Crippen molar-refractivity contribution in [2.75, 3.05) is 6.61 Å². The van der Waals surface area contributed by atoms with Crippen molar-refractivity contribution in [3.63, 3.8) is 0 Å². The summed E-state index contributed by atoms with van der Waals surface area (Å²) >= 11 is 0. The highest BCUT2D eigenvalue weighted by Gasteiger charge is 2.29. The lowest BCUT2D eigenvalue weighted by Crippen LogP contribution is -2.29. The van der Waals surface area contributed by atoms with Crippen LogP contribution in [0.15, 0.2) is 60.9 Å². The van der Waals surface area contributed by atoms with Crippen molar-refractivity contribution in [1.29, 1.82) is 0 Å². The lowest BCUT2D eigenvalue weighted by atomic mass is 9.98. The van der Waals surface area contributed by atoms with Crippen molar-refractivity contribution in [3.05, 3.63) is 77.9 Å². The third-order valence-electron chi connectivity index (χ3n) is 4.61. The van der Waals surface area contributed by atoms with Gasteiger partial charge in [0.2, 0.25) is 0 Å². The summed E-state index contributed by atoms with van der Waals surface area (Å²) < 4.78 is 5.52. The average Bonchev–Trinajstić information content (AvgIpc) is 3.27. The number of aromatic nitrogens is 2. The Labute approximate surface area is 146 Å². The van der Waals surface area contributed by atoms with Crippen LogP contribution in [-0.4, -0.2) is 22.7 Å². The summed E-state index contributed by atoms with van der Waals surface area (Å²) in [5.41, 5.74) is 4.85. The SMILES string of the molecule is CC(NC(=O)OCC1c2ccccc2-c2ccccc21)c1ncc[nH]1. The molecule has 25 heavy (non-hydrogen) atoms. The smallest absolute Gasteiger partial charge is 0.407 e. The van der Waals surface area contributed by atoms with E-state index in [9.17, 15) is 4.79 Å². The summed E-state index contributed by atoms with van der Waals surface area (Å²) in [6.45, 7) is 2.17. The van der Waals surface area contributed by atoms with Crippen molar-refractivity contribution < 1.29 is 9.53 Å². The standard InChI is InChI=1S/C20H19N3O2/c1-13(19-21-10-11-22-19)23-20(24)25-12-18-16-8-4-2-6-14(16)15-7-3-5-9-17(15)18/h2-11,13,18H,12H2,1H3,(H,21,22)(H,23,24). The maximum Gasteiger partial charge on any atom is 0.407 e. The van der Waals surface area contributed by atoms with Crippen LogP contribution < -0.4 is 5.32 Å². The molecule has 1 heterocycles. The molecule has 126 valence electrons. The van der Waals surface area contributed by atoms with Gasteiger partial charge in [0.25, 0.3) is 0 Å². The van der Waals surface area contributed by atoms with Gasteiger partial charge in [-0.25, -0.2) is 9.78 Å². The summed E-state index contributed by atoms with van der Waals surface area (Å²) in [4.78, 5) is 19.3. The number of fused-ring (bicyclic) bond motifs is 3. The molecule has 0 spiro atoms. The molecule has 1 unspecified atom stereocenters. The number of amides is 1. The molecule has 2 aromatic carbocycles. The minimum absolute atomic E-state index is 0.0667. The summed E-state index contributed by atoms with van der Waals surface area (Å²) in [6.07, 6.45) is 2.95. The van der Waals surface area contributed by atoms with Crippen LogP contribution in [0, 0.1) is 0 Å². The maximum atomic E-state index is 12.2. The molecule has 5 heteroatoms. The van der Waals surface area contributed by atoms with Gasteiger partial charge < -0.3 is 15.0 Å². The Bertz CT molecular complexity index is 844. The highest BCUT2D eigenvalue weighted by atomic mass is 16.5. The molecule has 5 nitrogen and oxygen atoms in total. The van der Waals surface area contributed by atoms with Gasteiger partial charge in [0.15, 0.2) is 0 Å². The second kappa shape index (κ2) is 6.43. The van der Waals surface area contributed by atoms with Crippen LogP contribution in [0.3, 0.4) is 0 Å². The van der Waals surface area contributed by atoms with Gasteiger partial charge in [-0.05, 0) is 29.2 Å². The number of rotatable bonds is 4. The number of aromatic amines is 1. The normalized spacial score (nSPS) is 13.8. The van der Waals surface area contributed by atoms with E-state index in [2.05, 4.69) is 39.6 Å². The molecule has 1 aromatic heterocycles. The second-order valence-electron chi connectivity index (χ2n) is 6.17. The zero-order valence-electron chi connectivity index (χ0n) is 13.9. The van der Waals surface area contributed by atoms with Crippen molar-refractivity contribution in [2.24, 2.45) is 0 Å². The number of nitrogens with zero attached hydrogens (tertiary/aromatic N) is 1. The molecule has 1 aliphatic rings. The zero-order chi connectivity index (χ0) is 17.2. The van der Waals surface area contributed by atoms with Crippen LogP contribution >= 0.6 is 0 Å². The van der Waals surface area contributed by atoms with Crippen LogP contribution in [0.2, 0.25) is 0 Å². The molecule has 0 saturated carbocycles. The number of hydrogen-bond acceptors (Lipinski definition) is 3. The van der Waals surface area contributed by atoms with Crippen molar-refractivity contribution in [1.82, 2.24) is 15.3 Å². The molecule has 2 N–H and O–H groups in total. The Balaban J connectivity index is 1.47. The van der Waals surface area contributed by atoms with Crippen molar-refractivity contribution in [3.8, 4) is 11.1 Å². The lowest BCUT2D eigenvalue weighted by Gasteiger charge is -2.16. The number of H-pyrrole nitrogens is 1. The Kier molecular flexibility index (Phi) is 3.98. The van der Waals surface area contributed by atoms with Gasteiger partial charge in [-0.1, -0.05) is 48.5 Å². The van der Waals surface area contributed by atoms with Gasteiger partial charge in [0.1, 0.15) is 12.4 Å². The molecular weight excluding hydrogens is 314 g/mol. The number of ether oxygens (including phenoxy) is 1. The fraction of sp³-hybridized carbons (Fsp3) is 0.200. The van der Waals surface area contributed by atoms with E-state index in [1.54, 1.807) is 12.4 Å². The molecule has 0 radical (unpaired) electrons. The summed E-state index contributed by atoms with van der Waals surface area (Å²) in [7, 11) is 0. The fourth-order valence-corrected chi connectivity index (χ4v) is 3.40. The number of imidazole rings is 1. The largest absolute Gasteiger partial charge is 0.449 e. The van der Waals surface area contributed by atoms with Crippen LogP contribution in [0.1, 0.15) is 35.8 Å². The molecule has 0 aliphatic heterocycles. The lowest BCUT2D eigenvalue weighted by molar-refractivity contribution is 0.139. The number of carbonyl (C=O) groups is 1. The minimum Gasteiger partial charge on any atom is -0.449 e. The van der Waals surface area contributed by atoms with Gasteiger partial charge in [0, 0.05) is 18.3 Å². The van der Waals surface area contributed by atoms with Crippen LogP contribution in [0.5, 0.6) is 0 Å². The predicted molar refractivity (Wildman–Crippen MR) is 95.2 cm³/mol. The maximum absolute atomic E-state index is 12.2. The summed E-state index contributed by atoms with van der Waals surface area (Å²) in [5.74, 6) is 0.769. The summed E-state index contributed by atoms with van der Waals surface area (Å²) in [5, 5.41) is 2.80. The highest BCUT2D eigenvalue weighted by molar-refractivity contribution is 5.79. The van der Waals surface area contributed by atoms with Gasteiger partial charge in [0.05, 0.1) is 6.04 Å². The first-order valence-corrected chi connectivity index (χ1v) is 8.35. The molecule has 0 fully saturated rings. The van der Waals surface area contributed by atoms with E-state index in [0.717, 1.165) is 0 Å². The topological polar surface area (TPSA) is 67.0 Å². The number of alkyl carbamates (subject to hydrolysis) is 1. The number of carbonyl (C=O) groups excluding carboxylic acids is 1. The van der Waals surface area contributed by atoms with Crippen molar-refractivity contribution in [2.45, 2.75) is 18.9 Å². The van der Waals surface area contributed by atoms with E-state index in [1.807, 2.05) is 31.2 Å². The van der Waals surface area contributed by atoms with Gasteiger partial charge >= 0.3 is 6.09 Å². The molecule has 4 rings (SSSR count). The molecule has 0 saturated heterocycles. The molecular formula is C20H19N3O2. The Morgan fingerprint density at radius 2 is 1.80 bits per heavy atom. The first kappa shape index (κ1) is 15.4. The number of hydrogen-bond donors (Lipinski definition) is 2. The van der Waals surface area contributed by atoms with E-state index in [0.29, 0.717) is 12.4 Å².